The van der Waals surface area contributed by atoms with Crippen molar-refractivity contribution in [3.05, 3.63) is 76.1 Å². The number of nitrogens with zero attached hydrogens (tertiary/aromatic N) is 3. The maximum atomic E-state index is 4.91. The molecule has 4 aromatic rings. The molecular weight excluding hydrogens is 336 g/mol. The Bertz CT molecular complexity index is 1000. The molecule has 4 rings (SSSR count). The van der Waals surface area contributed by atoms with E-state index >= 15 is 0 Å². The minimum atomic E-state index is 0.692. The SMILES string of the molecule is Cc1nc(Cc2nc(-c3ccccc3)[nH]c2Cc2nc(C)[nH]c2C)c(C)[nH]1. The molecule has 0 unspecified atom stereocenters. The van der Waals surface area contributed by atoms with Crippen LogP contribution in [0.3, 0.4) is 0 Å². The number of aromatic amines is 3. The van der Waals surface area contributed by atoms with Gasteiger partial charge < -0.3 is 15.0 Å². The molecule has 0 spiro atoms. The Labute approximate surface area is 158 Å². The lowest BCUT2D eigenvalue weighted by Crippen LogP contribution is -1.99. The Morgan fingerprint density at radius 2 is 1.26 bits per heavy atom. The Kier molecular flexibility index (Phi) is 4.39. The standard InChI is InChI=1S/C21H24N6/c1-12-17(24-14(3)22-12)10-19-20(11-18-13(2)23-15(4)25-18)27-21(26-19)16-8-6-5-7-9-16/h5-9H,10-11H2,1-4H3,(H,22,24)(H,23,25)(H,26,27). The van der Waals surface area contributed by atoms with E-state index in [0.717, 1.165) is 57.2 Å². The lowest BCUT2D eigenvalue weighted by Gasteiger charge is -2.01. The Morgan fingerprint density at radius 1 is 0.667 bits per heavy atom. The van der Waals surface area contributed by atoms with Crippen LogP contribution in [0.4, 0.5) is 0 Å². The van der Waals surface area contributed by atoms with E-state index in [2.05, 4.69) is 50.9 Å². The largest absolute Gasteiger partial charge is 0.346 e. The van der Waals surface area contributed by atoms with E-state index < -0.39 is 0 Å². The molecule has 0 aliphatic carbocycles. The first-order chi connectivity index (χ1) is 13.0. The third-order valence-corrected chi connectivity index (χ3v) is 4.80. The maximum absolute atomic E-state index is 4.91. The third kappa shape index (κ3) is 3.56. The summed E-state index contributed by atoms with van der Waals surface area (Å²) < 4.78 is 0. The normalized spacial score (nSPS) is 11.3. The maximum Gasteiger partial charge on any atom is 0.137 e. The van der Waals surface area contributed by atoms with Crippen LogP contribution in [-0.4, -0.2) is 29.9 Å². The Balaban J connectivity index is 1.74. The van der Waals surface area contributed by atoms with Crippen molar-refractivity contribution >= 4 is 0 Å². The van der Waals surface area contributed by atoms with Crippen molar-refractivity contribution in [2.24, 2.45) is 0 Å². The molecule has 138 valence electrons. The number of aryl methyl sites for hydroxylation is 4. The summed E-state index contributed by atoms with van der Waals surface area (Å²) in [7, 11) is 0. The second-order valence-corrected chi connectivity index (χ2v) is 7.02. The zero-order valence-electron chi connectivity index (χ0n) is 16.1. The van der Waals surface area contributed by atoms with Crippen LogP contribution in [0.1, 0.15) is 45.8 Å². The molecule has 0 saturated heterocycles. The van der Waals surface area contributed by atoms with Gasteiger partial charge in [-0.05, 0) is 27.7 Å². The average Bonchev–Trinajstić information content (AvgIpc) is 3.27. The molecule has 0 bridgehead atoms. The van der Waals surface area contributed by atoms with Crippen LogP contribution in [0, 0.1) is 27.7 Å². The van der Waals surface area contributed by atoms with Crippen molar-refractivity contribution in [2.45, 2.75) is 40.5 Å². The molecule has 0 aliphatic rings. The fraction of sp³-hybridized carbons (Fsp3) is 0.286. The number of hydrogen-bond donors (Lipinski definition) is 3. The van der Waals surface area contributed by atoms with Crippen LogP contribution in [0.25, 0.3) is 11.4 Å². The molecule has 0 saturated carbocycles. The molecule has 6 heteroatoms. The summed E-state index contributed by atoms with van der Waals surface area (Å²) >= 11 is 0. The minimum absolute atomic E-state index is 0.692. The zero-order chi connectivity index (χ0) is 19.0. The monoisotopic (exact) mass is 360 g/mol. The van der Waals surface area contributed by atoms with Gasteiger partial charge in [0, 0.05) is 35.5 Å². The van der Waals surface area contributed by atoms with E-state index in [0.29, 0.717) is 12.8 Å². The number of H-pyrrole nitrogens is 3. The summed E-state index contributed by atoms with van der Waals surface area (Å²) in [4.78, 5) is 24.3. The van der Waals surface area contributed by atoms with Crippen molar-refractivity contribution < 1.29 is 0 Å². The van der Waals surface area contributed by atoms with Crippen molar-refractivity contribution in [3.63, 3.8) is 0 Å². The quantitative estimate of drug-likeness (QED) is 0.504. The van der Waals surface area contributed by atoms with E-state index in [4.69, 9.17) is 4.98 Å². The van der Waals surface area contributed by atoms with Crippen LogP contribution < -0.4 is 0 Å². The van der Waals surface area contributed by atoms with Gasteiger partial charge in [-0.25, -0.2) is 15.0 Å². The number of nitrogens with one attached hydrogen (secondary N) is 3. The molecule has 0 atom stereocenters. The van der Waals surface area contributed by atoms with E-state index in [1.807, 2.05) is 32.0 Å². The second kappa shape index (κ2) is 6.87. The van der Waals surface area contributed by atoms with Crippen LogP contribution in [0.15, 0.2) is 30.3 Å². The average molecular weight is 360 g/mol. The van der Waals surface area contributed by atoms with Gasteiger partial charge in [0.05, 0.1) is 17.1 Å². The highest BCUT2D eigenvalue weighted by Crippen LogP contribution is 2.23. The van der Waals surface area contributed by atoms with Gasteiger partial charge >= 0.3 is 0 Å². The zero-order valence-corrected chi connectivity index (χ0v) is 16.1. The highest BCUT2D eigenvalue weighted by Gasteiger charge is 2.17. The van der Waals surface area contributed by atoms with E-state index in [1.54, 1.807) is 0 Å². The van der Waals surface area contributed by atoms with Crippen LogP contribution in [0.2, 0.25) is 0 Å². The predicted molar refractivity (Wildman–Crippen MR) is 106 cm³/mol. The van der Waals surface area contributed by atoms with E-state index in [-0.39, 0.29) is 0 Å². The van der Waals surface area contributed by atoms with Gasteiger partial charge in [0.1, 0.15) is 17.5 Å². The van der Waals surface area contributed by atoms with Gasteiger partial charge in [-0.15, -0.1) is 0 Å². The number of imidazole rings is 3. The first-order valence-corrected chi connectivity index (χ1v) is 9.17. The van der Waals surface area contributed by atoms with Crippen molar-refractivity contribution in [2.75, 3.05) is 0 Å². The lowest BCUT2D eigenvalue weighted by atomic mass is 10.1. The summed E-state index contributed by atoms with van der Waals surface area (Å²) in [6.45, 7) is 8.08. The molecule has 3 aromatic heterocycles. The molecule has 6 nitrogen and oxygen atoms in total. The van der Waals surface area contributed by atoms with Gasteiger partial charge in [-0.2, -0.15) is 0 Å². The number of aromatic nitrogens is 6. The number of hydrogen-bond acceptors (Lipinski definition) is 3. The summed E-state index contributed by atoms with van der Waals surface area (Å²) in [6.07, 6.45) is 1.41. The van der Waals surface area contributed by atoms with Gasteiger partial charge in [0.25, 0.3) is 0 Å². The van der Waals surface area contributed by atoms with Crippen molar-refractivity contribution in [1.29, 1.82) is 0 Å². The van der Waals surface area contributed by atoms with Gasteiger partial charge in [-0.3, -0.25) is 0 Å². The number of rotatable bonds is 5. The van der Waals surface area contributed by atoms with Crippen LogP contribution in [-0.2, 0) is 12.8 Å². The summed E-state index contributed by atoms with van der Waals surface area (Å²) in [5, 5.41) is 0. The van der Waals surface area contributed by atoms with Crippen LogP contribution >= 0.6 is 0 Å². The van der Waals surface area contributed by atoms with Gasteiger partial charge in [0.2, 0.25) is 0 Å². The predicted octanol–water partition coefficient (Wildman–Crippen LogP) is 3.94. The fourth-order valence-corrected chi connectivity index (χ4v) is 3.46. The molecule has 0 amide bonds. The molecule has 1 aromatic carbocycles. The van der Waals surface area contributed by atoms with E-state index in [1.165, 1.54) is 0 Å². The smallest absolute Gasteiger partial charge is 0.137 e. The first kappa shape index (κ1) is 17.3. The molecule has 0 radical (unpaired) electrons. The van der Waals surface area contributed by atoms with Crippen molar-refractivity contribution in [3.8, 4) is 11.4 Å². The van der Waals surface area contributed by atoms with Crippen molar-refractivity contribution in [1.82, 2.24) is 29.9 Å². The molecule has 3 heterocycles. The summed E-state index contributed by atoms with van der Waals surface area (Å²) in [5.74, 6) is 2.75. The Morgan fingerprint density at radius 3 is 1.81 bits per heavy atom. The first-order valence-electron chi connectivity index (χ1n) is 9.17. The molecule has 0 aliphatic heterocycles. The minimum Gasteiger partial charge on any atom is -0.346 e. The topological polar surface area (TPSA) is 86.0 Å². The Hall–Kier alpha value is -3.15. The molecule has 0 fully saturated rings. The summed E-state index contributed by atoms with van der Waals surface area (Å²) in [6, 6.07) is 10.2. The second-order valence-electron chi connectivity index (χ2n) is 7.02. The van der Waals surface area contributed by atoms with Crippen LogP contribution in [0.5, 0.6) is 0 Å². The third-order valence-electron chi connectivity index (χ3n) is 4.80. The molecule has 3 N–H and O–H groups in total. The summed E-state index contributed by atoms with van der Waals surface area (Å²) in [5.41, 5.74) is 7.46. The van der Waals surface area contributed by atoms with Gasteiger partial charge in [0.15, 0.2) is 0 Å². The molecule has 27 heavy (non-hydrogen) atoms. The lowest BCUT2D eigenvalue weighted by molar-refractivity contribution is 0.961. The highest BCUT2D eigenvalue weighted by atomic mass is 15.0. The van der Waals surface area contributed by atoms with E-state index in [9.17, 15) is 0 Å². The highest BCUT2D eigenvalue weighted by molar-refractivity contribution is 5.56. The van der Waals surface area contributed by atoms with Gasteiger partial charge in [-0.1, -0.05) is 30.3 Å². The fourth-order valence-electron chi connectivity index (χ4n) is 3.46. The molecular formula is C21H24N6. The number of benzene rings is 1.